The van der Waals surface area contributed by atoms with Crippen molar-refractivity contribution >= 4 is 11.6 Å². The number of aromatic hydroxyl groups is 1. The predicted octanol–water partition coefficient (Wildman–Crippen LogP) is 4.32. The molecule has 30 heavy (non-hydrogen) atoms. The first-order chi connectivity index (χ1) is 14.0. The molecule has 160 valence electrons. The molecule has 7 heteroatoms. The number of ether oxygens (including phenoxy) is 1. The Labute approximate surface area is 177 Å². The largest absolute Gasteiger partial charge is 0.507 e. The second kappa shape index (κ2) is 8.07. The Balaban J connectivity index is 1.65. The van der Waals surface area contributed by atoms with Crippen molar-refractivity contribution < 1.29 is 9.84 Å². The highest BCUT2D eigenvalue weighted by atomic mass is 16.5. The van der Waals surface area contributed by atoms with Gasteiger partial charge in [0.05, 0.1) is 11.9 Å². The molecule has 1 saturated heterocycles. The number of aryl methyl sites for hydroxylation is 1. The van der Waals surface area contributed by atoms with Gasteiger partial charge in [0.1, 0.15) is 11.9 Å². The summed E-state index contributed by atoms with van der Waals surface area (Å²) >= 11 is 0. The maximum absolute atomic E-state index is 10.4. The van der Waals surface area contributed by atoms with Gasteiger partial charge in [-0.1, -0.05) is 6.07 Å². The van der Waals surface area contributed by atoms with Crippen molar-refractivity contribution in [1.82, 2.24) is 15.5 Å². The standard InChI is InChI=1S/C23H31N5O2/c1-14-18(13-26-27-14)15-6-7-17(20(29)10-15)19(24)8-9-21(25)30-16-11-22(2,3)28-23(4,5)12-16/h6-10,13,16,24-25,28-29H,11-12H2,1-5H3,(H,26,27)/b9-8-,24-19?,25-21?. The average molecular weight is 410 g/mol. The van der Waals surface area contributed by atoms with Gasteiger partial charge >= 0.3 is 0 Å². The quantitative estimate of drug-likeness (QED) is 0.373. The van der Waals surface area contributed by atoms with Gasteiger partial charge < -0.3 is 20.6 Å². The molecule has 2 heterocycles. The smallest absolute Gasteiger partial charge is 0.206 e. The lowest BCUT2D eigenvalue weighted by Crippen LogP contribution is -2.59. The minimum Gasteiger partial charge on any atom is -0.507 e. The molecule has 1 aliphatic heterocycles. The van der Waals surface area contributed by atoms with Gasteiger partial charge in [0, 0.05) is 46.8 Å². The first-order valence-corrected chi connectivity index (χ1v) is 10.1. The molecule has 0 spiro atoms. The maximum atomic E-state index is 10.4. The number of aromatic nitrogens is 2. The van der Waals surface area contributed by atoms with E-state index < -0.39 is 0 Å². The van der Waals surface area contributed by atoms with Crippen LogP contribution in [-0.4, -0.2) is 44.1 Å². The van der Waals surface area contributed by atoms with E-state index in [4.69, 9.17) is 15.6 Å². The van der Waals surface area contributed by atoms with Crippen molar-refractivity contribution in [2.45, 2.75) is 64.6 Å². The van der Waals surface area contributed by atoms with Crippen LogP contribution in [0.5, 0.6) is 5.75 Å². The summed E-state index contributed by atoms with van der Waals surface area (Å²) in [5.74, 6) is 0.0282. The third kappa shape index (κ3) is 5.16. The molecule has 0 radical (unpaired) electrons. The Kier molecular flexibility index (Phi) is 5.85. The van der Waals surface area contributed by atoms with Crippen LogP contribution in [0.15, 0.2) is 36.5 Å². The molecule has 0 unspecified atom stereocenters. The molecule has 0 saturated carbocycles. The minimum atomic E-state index is -0.0655. The van der Waals surface area contributed by atoms with E-state index in [9.17, 15) is 5.11 Å². The molecular weight excluding hydrogens is 378 g/mol. The highest BCUT2D eigenvalue weighted by Gasteiger charge is 2.38. The summed E-state index contributed by atoms with van der Waals surface area (Å²) in [6.07, 6.45) is 6.21. The summed E-state index contributed by atoms with van der Waals surface area (Å²) in [4.78, 5) is 0. The first-order valence-electron chi connectivity index (χ1n) is 10.1. The Hall–Kier alpha value is -2.93. The molecule has 1 fully saturated rings. The van der Waals surface area contributed by atoms with Crippen LogP contribution in [0.1, 0.15) is 51.8 Å². The number of hydrogen-bond acceptors (Lipinski definition) is 6. The maximum Gasteiger partial charge on any atom is 0.206 e. The summed E-state index contributed by atoms with van der Waals surface area (Å²) in [5.41, 5.74) is 3.02. The number of allylic oxidation sites excluding steroid dienone is 1. The molecule has 1 aliphatic rings. The third-order valence-corrected chi connectivity index (χ3v) is 5.28. The van der Waals surface area contributed by atoms with Crippen LogP contribution in [0.3, 0.4) is 0 Å². The highest BCUT2D eigenvalue weighted by Crippen LogP contribution is 2.31. The lowest BCUT2D eigenvalue weighted by atomic mass is 9.81. The normalized spacial score (nSPS) is 18.4. The molecule has 5 N–H and O–H groups in total. The number of hydrogen-bond donors (Lipinski definition) is 5. The Morgan fingerprint density at radius 2 is 1.83 bits per heavy atom. The summed E-state index contributed by atoms with van der Waals surface area (Å²) in [5, 5.41) is 37.3. The number of rotatable bonds is 5. The fourth-order valence-corrected chi connectivity index (χ4v) is 4.35. The molecule has 1 aromatic heterocycles. The van der Waals surface area contributed by atoms with Crippen molar-refractivity contribution in [3.05, 3.63) is 47.8 Å². The van der Waals surface area contributed by atoms with Gasteiger partial charge in [-0.15, -0.1) is 0 Å². The van der Waals surface area contributed by atoms with Gasteiger partial charge in [-0.05, 0) is 58.4 Å². The number of nitrogens with one attached hydrogen (secondary N) is 4. The number of nitrogens with zero attached hydrogens (tertiary/aromatic N) is 1. The van der Waals surface area contributed by atoms with Gasteiger partial charge in [0.2, 0.25) is 5.90 Å². The molecule has 0 bridgehead atoms. The zero-order chi connectivity index (χ0) is 22.1. The van der Waals surface area contributed by atoms with Crippen LogP contribution in [0.4, 0.5) is 0 Å². The van der Waals surface area contributed by atoms with Crippen molar-refractivity contribution in [1.29, 1.82) is 10.8 Å². The fourth-order valence-electron chi connectivity index (χ4n) is 4.35. The predicted molar refractivity (Wildman–Crippen MR) is 120 cm³/mol. The molecule has 1 aromatic carbocycles. The van der Waals surface area contributed by atoms with Gasteiger partial charge in [-0.25, -0.2) is 0 Å². The van der Waals surface area contributed by atoms with Crippen LogP contribution in [0, 0.1) is 17.7 Å². The van der Waals surface area contributed by atoms with E-state index in [2.05, 4.69) is 43.2 Å². The van der Waals surface area contributed by atoms with Crippen LogP contribution in [0.2, 0.25) is 0 Å². The van der Waals surface area contributed by atoms with E-state index in [0.717, 1.165) is 29.7 Å². The lowest BCUT2D eigenvalue weighted by molar-refractivity contribution is 0.0485. The average Bonchev–Trinajstić information content (AvgIpc) is 3.02. The lowest BCUT2D eigenvalue weighted by Gasteiger charge is -2.46. The second-order valence-electron chi connectivity index (χ2n) is 9.29. The number of phenolic OH excluding ortho intramolecular Hbond substituents is 1. The van der Waals surface area contributed by atoms with Crippen LogP contribution < -0.4 is 5.32 Å². The monoisotopic (exact) mass is 409 g/mol. The summed E-state index contributed by atoms with van der Waals surface area (Å²) in [6, 6.07) is 5.17. The Bertz CT molecular complexity index is 971. The summed E-state index contributed by atoms with van der Waals surface area (Å²) in [7, 11) is 0. The highest BCUT2D eigenvalue weighted by molar-refractivity contribution is 6.10. The SMILES string of the molecule is Cc1[nH]ncc1-c1ccc(C(=N)/C=C\C(=N)OC2CC(C)(C)NC(C)(C)C2)c(O)c1. The van der Waals surface area contributed by atoms with Gasteiger partial charge in [0.15, 0.2) is 0 Å². The van der Waals surface area contributed by atoms with E-state index in [1.54, 1.807) is 18.3 Å². The molecule has 7 nitrogen and oxygen atoms in total. The second-order valence-corrected chi connectivity index (χ2v) is 9.29. The number of H-pyrrole nitrogens is 1. The van der Waals surface area contributed by atoms with E-state index in [0.29, 0.717) is 5.56 Å². The summed E-state index contributed by atoms with van der Waals surface area (Å²) < 4.78 is 5.85. The molecule has 0 amide bonds. The zero-order valence-corrected chi connectivity index (χ0v) is 18.3. The number of aromatic amines is 1. The van der Waals surface area contributed by atoms with E-state index in [-0.39, 0.29) is 34.5 Å². The number of piperidine rings is 1. The van der Waals surface area contributed by atoms with Crippen molar-refractivity contribution in [3.8, 4) is 16.9 Å². The van der Waals surface area contributed by atoms with E-state index in [1.807, 2.05) is 13.0 Å². The molecule has 0 atom stereocenters. The van der Waals surface area contributed by atoms with Crippen molar-refractivity contribution in [3.63, 3.8) is 0 Å². The molecule has 0 aliphatic carbocycles. The minimum absolute atomic E-state index is 0.0112. The van der Waals surface area contributed by atoms with Crippen LogP contribution in [-0.2, 0) is 4.74 Å². The Morgan fingerprint density at radius 3 is 2.40 bits per heavy atom. The number of benzene rings is 1. The Morgan fingerprint density at radius 1 is 1.17 bits per heavy atom. The van der Waals surface area contributed by atoms with Gasteiger partial charge in [0.25, 0.3) is 0 Å². The molecule has 3 rings (SSSR count). The van der Waals surface area contributed by atoms with Gasteiger partial charge in [-0.3, -0.25) is 10.5 Å². The van der Waals surface area contributed by atoms with Crippen molar-refractivity contribution in [2.75, 3.05) is 0 Å². The number of phenols is 1. The molecular formula is C23H31N5O2. The molecule has 2 aromatic rings. The topological polar surface area (TPSA) is 118 Å². The van der Waals surface area contributed by atoms with Crippen molar-refractivity contribution in [2.24, 2.45) is 0 Å². The van der Waals surface area contributed by atoms with E-state index >= 15 is 0 Å². The first kappa shape index (κ1) is 21.8. The van der Waals surface area contributed by atoms with Crippen LogP contribution in [0.25, 0.3) is 11.1 Å². The third-order valence-electron chi connectivity index (χ3n) is 5.28. The van der Waals surface area contributed by atoms with E-state index in [1.165, 1.54) is 12.2 Å². The van der Waals surface area contributed by atoms with Gasteiger partial charge in [-0.2, -0.15) is 5.10 Å². The summed E-state index contributed by atoms with van der Waals surface area (Å²) in [6.45, 7) is 10.5. The van der Waals surface area contributed by atoms with Crippen LogP contribution >= 0.6 is 0 Å². The zero-order valence-electron chi connectivity index (χ0n) is 18.3. The fraction of sp³-hybridized carbons (Fsp3) is 0.435.